The minimum absolute atomic E-state index is 1.07. The Morgan fingerprint density at radius 2 is 1.73 bits per heavy atom. The van der Waals surface area contributed by atoms with Crippen LogP contribution in [-0.2, 0) is 0 Å². The first-order valence-electron chi connectivity index (χ1n) is 4.10. The summed E-state index contributed by atoms with van der Waals surface area (Å²) in [5.41, 5.74) is 1.25. The summed E-state index contributed by atoms with van der Waals surface area (Å²) in [7, 11) is -2.65. The molecule has 0 amide bonds. The quantitative estimate of drug-likeness (QED) is 0.600. The van der Waals surface area contributed by atoms with Crippen LogP contribution < -0.4 is 0 Å². The lowest BCUT2D eigenvalue weighted by Gasteiger charge is -2.13. The van der Waals surface area contributed by atoms with Crippen LogP contribution in [0.5, 0.6) is 0 Å². The monoisotopic (exact) mass is 175 g/mol. The molecule has 2 nitrogen and oxygen atoms in total. The van der Waals surface area contributed by atoms with Crippen LogP contribution in [0.4, 0.5) is 0 Å². The molecule has 1 saturated carbocycles. The van der Waals surface area contributed by atoms with Crippen molar-refractivity contribution in [1.82, 2.24) is 0 Å². The van der Waals surface area contributed by atoms with E-state index in [9.17, 15) is 0 Å². The lowest BCUT2D eigenvalue weighted by Crippen LogP contribution is -1.94. The average Bonchev–Trinajstić information content (AvgIpc) is 1.85. The van der Waals surface area contributed by atoms with Crippen molar-refractivity contribution < 1.29 is 9.79 Å². The van der Waals surface area contributed by atoms with E-state index >= 15 is 0 Å². The molecule has 1 fully saturated rings. The third-order valence-electron chi connectivity index (χ3n) is 1.92. The van der Waals surface area contributed by atoms with Crippen molar-refractivity contribution in [2.24, 2.45) is 0 Å². The van der Waals surface area contributed by atoms with E-state index in [2.05, 4.69) is 0 Å². The molecule has 64 valence electrons. The minimum Gasteiger partial charge on any atom is -0.216 e. The molecule has 0 spiro atoms. The zero-order valence-electron chi connectivity index (χ0n) is 6.95. The SMILES string of the molecule is C[P+](O)(O)C=C1CCCCC1. The molecule has 0 saturated heterocycles. The lowest BCUT2D eigenvalue weighted by atomic mass is 9.96. The van der Waals surface area contributed by atoms with Gasteiger partial charge in [-0.3, -0.25) is 0 Å². The molecule has 11 heavy (non-hydrogen) atoms. The normalized spacial score (nSPS) is 20.1. The van der Waals surface area contributed by atoms with Crippen molar-refractivity contribution in [2.45, 2.75) is 32.1 Å². The van der Waals surface area contributed by atoms with Crippen LogP contribution >= 0.6 is 7.72 Å². The summed E-state index contributed by atoms with van der Waals surface area (Å²) >= 11 is 0. The molecule has 0 atom stereocenters. The molecule has 2 N–H and O–H groups in total. The third-order valence-corrected chi connectivity index (χ3v) is 2.78. The van der Waals surface area contributed by atoms with Gasteiger partial charge in [0.25, 0.3) is 7.72 Å². The van der Waals surface area contributed by atoms with Crippen LogP contribution in [0.1, 0.15) is 32.1 Å². The number of rotatable bonds is 1. The topological polar surface area (TPSA) is 40.5 Å². The Morgan fingerprint density at radius 1 is 1.18 bits per heavy atom. The average molecular weight is 175 g/mol. The summed E-state index contributed by atoms with van der Waals surface area (Å²) in [6, 6.07) is 0. The van der Waals surface area contributed by atoms with Crippen molar-refractivity contribution in [2.75, 3.05) is 6.66 Å². The summed E-state index contributed by atoms with van der Waals surface area (Å²) < 4.78 is 0. The first-order valence-corrected chi connectivity index (χ1v) is 6.31. The highest BCUT2D eigenvalue weighted by Gasteiger charge is 2.23. The van der Waals surface area contributed by atoms with E-state index in [-0.39, 0.29) is 0 Å². The molecule has 0 aromatic rings. The molecular formula is C8H16O2P+. The predicted molar refractivity (Wildman–Crippen MR) is 48.4 cm³/mol. The van der Waals surface area contributed by atoms with Gasteiger partial charge in [-0.2, -0.15) is 0 Å². The van der Waals surface area contributed by atoms with Gasteiger partial charge in [0.1, 0.15) is 12.5 Å². The van der Waals surface area contributed by atoms with Crippen molar-refractivity contribution in [3.8, 4) is 0 Å². The molecule has 1 aliphatic rings. The molecule has 0 aliphatic heterocycles. The second-order valence-corrected chi connectivity index (χ2v) is 5.54. The van der Waals surface area contributed by atoms with Crippen LogP contribution in [-0.4, -0.2) is 16.5 Å². The van der Waals surface area contributed by atoms with E-state index in [1.807, 2.05) is 0 Å². The van der Waals surface area contributed by atoms with E-state index in [1.54, 1.807) is 5.82 Å². The zero-order chi connectivity index (χ0) is 8.32. The van der Waals surface area contributed by atoms with Gasteiger partial charge >= 0.3 is 0 Å². The van der Waals surface area contributed by atoms with E-state index in [0.29, 0.717) is 0 Å². The second-order valence-electron chi connectivity index (χ2n) is 3.33. The largest absolute Gasteiger partial charge is 0.289 e. The summed E-state index contributed by atoms with van der Waals surface area (Å²) in [4.78, 5) is 18.3. The van der Waals surface area contributed by atoms with Gasteiger partial charge in [-0.25, -0.2) is 9.79 Å². The zero-order valence-corrected chi connectivity index (χ0v) is 7.85. The van der Waals surface area contributed by atoms with Crippen LogP contribution in [0.3, 0.4) is 0 Å². The lowest BCUT2D eigenvalue weighted by molar-refractivity contribution is 0.470. The van der Waals surface area contributed by atoms with Gasteiger partial charge < -0.3 is 0 Å². The summed E-state index contributed by atoms with van der Waals surface area (Å²) in [5, 5.41) is 0. The molecule has 0 heterocycles. The van der Waals surface area contributed by atoms with Crippen LogP contribution in [0.2, 0.25) is 0 Å². The molecule has 1 aliphatic carbocycles. The Labute approximate surface area is 68.4 Å². The predicted octanol–water partition coefficient (Wildman–Crippen LogP) is 2.30. The Hall–Kier alpha value is 0.0900. The van der Waals surface area contributed by atoms with Crippen LogP contribution in [0, 0.1) is 0 Å². The van der Waals surface area contributed by atoms with Crippen molar-refractivity contribution in [3.05, 3.63) is 11.4 Å². The molecule has 0 aromatic heterocycles. The molecular weight excluding hydrogens is 159 g/mol. The van der Waals surface area contributed by atoms with E-state index in [1.165, 1.54) is 31.5 Å². The van der Waals surface area contributed by atoms with Gasteiger partial charge in [0.2, 0.25) is 0 Å². The minimum atomic E-state index is -2.65. The smallest absolute Gasteiger partial charge is 0.216 e. The van der Waals surface area contributed by atoms with Crippen molar-refractivity contribution in [3.63, 3.8) is 0 Å². The number of allylic oxidation sites excluding steroid dienone is 1. The van der Waals surface area contributed by atoms with Gasteiger partial charge in [0, 0.05) is 0 Å². The Bertz CT molecular complexity index is 150. The molecule has 3 heteroatoms. The maximum atomic E-state index is 9.16. The Morgan fingerprint density at radius 3 is 2.18 bits per heavy atom. The van der Waals surface area contributed by atoms with Crippen LogP contribution in [0.15, 0.2) is 11.4 Å². The summed E-state index contributed by atoms with van der Waals surface area (Å²) in [6.45, 7) is 1.51. The highest BCUT2D eigenvalue weighted by Crippen LogP contribution is 2.49. The number of hydrogen-bond donors (Lipinski definition) is 2. The highest BCUT2D eigenvalue weighted by atomic mass is 31.2. The number of hydrogen-bond acceptors (Lipinski definition) is 2. The summed E-state index contributed by atoms with van der Waals surface area (Å²) in [6.07, 6.45) is 5.86. The first kappa shape index (κ1) is 9.18. The van der Waals surface area contributed by atoms with E-state index < -0.39 is 7.72 Å². The van der Waals surface area contributed by atoms with Crippen LogP contribution in [0.25, 0.3) is 0 Å². The molecule has 0 radical (unpaired) electrons. The Balaban J connectivity index is 2.50. The van der Waals surface area contributed by atoms with Crippen molar-refractivity contribution in [1.29, 1.82) is 0 Å². The van der Waals surface area contributed by atoms with Gasteiger partial charge in [0.05, 0.1) is 0 Å². The van der Waals surface area contributed by atoms with Crippen molar-refractivity contribution >= 4 is 7.72 Å². The molecule has 1 rings (SSSR count). The third kappa shape index (κ3) is 3.85. The molecule has 0 aromatic carbocycles. The fourth-order valence-corrected chi connectivity index (χ4v) is 2.43. The molecule has 0 unspecified atom stereocenters. The van der Waals surface area contributed by atoms with E-state index in [4.69, 9.17) is 9.79 Å². The standard InChI is InChI=1S/C8H16O2P/c1-11(9,10)7-8-5-3-2-4-6-8/h7,9-10H,2-6H2,1H3/q+1. The first-order chi connectivity index (χ1) is 5.08. The highest BCUT2D eigenvalue weighted by molar-refractivity contribution is 7.67. The van der Waals surface area contributed by atoms with Gasteiger partial charge in [-0.1, -0.05) is 6.42 Å². The maximum Gasteiger partial charge on any atom is 0.289 e. The fraction of sp³-hybridized carbons (Fsp3) is 0.750. The van der Waals surface area contributed by atoms with Gasteiger partial charge in [0.15, 0.2) is 0 Å². The van der Waals surface area contributed by atoms with Gasteiger partial charge in [-0.05, 0) is 31.3 Å². The van der Waals surface area contributed by atoms with Gasteiger partial charge in [-0.15, -0.1) is 0 Å². The van der Waals surface area contributed by atoms with E-state index in [0.717, 1.165) is 12.8 Å². The maximum absolute atomic E-state index is 9.16. The Kier molecular flexibility index (Phi) is 3.06. The molecule has 0 bridgehead atoms. The summed E-state index contributed by atoms with van der Waals surface area (Å²) in [5.74, 6) is 1.69. The fourth-order valence-electron chi connectivity index (χ4n) is 1.48. The second kappa shape index (κ2) is 3.66.